The summed E-state index contributed by atoms with van der Waals surface area (Å²) in [7, 11) is 0. The first-order valence-electron chi connectivity index (χ1n) is 6.19. The monoisotopic (exact) mass is 257 g/mol. The molecule has 0 saturated carbocycles. The summed E-state index contributed by atoms with van der Waals surface area (Å²) in [5.41, 5.74) is 6.97. The second-order valence-corrected chi connectivity index (χ2v) is 6.41. The molecule has 0 amide bonds. The van der Waals surface area contributed by atoms with E-state index in [2.05, 4.69) is 26.8 Å². The normalized spacial score (nSPS) is 26.8. The van der Waals surface area contributed by atoms with Gasteiger partial charge in [0.05, 0.1) is 0 Å². The summed E-state index contributed by atoms with van der Waals surface area (Å²) >= 11 is 1.69. The highest BCUT2D eigenvalue weighted by Crippen LogP contribution is 2.36. The van der Waals surface area contributed by atoms with Crippen LogP contribution in [0.3, 0.4) is 0 Å². The van der Waals surface area contributed by atoms with Gasteiger partial charge in [0.25, 0.3) is 0 Å². The molecule has 0 spiro atoms. The molecular formula is C13H23NO2S. The Balaban J connectivity index is 2.58. The maximum absolute atomic E-state index is 10.7. The van der Waals surface area contributed by atoms with E-state index in [0.717, 1.165) is 0 Å². The number of nitrogens with two attached hydrogens (primary N) is 1. The molecule has 0 bridgehead atoms. The number of carboxylic acid groups (broad SMARTS) is 1. The van der Waals surface area contributed by atoms with Gasteiger partial charge in [-0.25, -0.2) is 0 Å². The summed E-state index contributed by atoms with van der Waals surface area (Å²) in [6, 6.07) is -0.747. The standard InChI is InChI=1S/C13H23NO2S/c1-8(2)10-5-4-9(3)6-12(10)17-7-11(14)13(15)16/h6,8,10-12H,4-5,7,14H2,1-3H3,(H,15,16)/t10?,11-,12?/m0/s1. The number of hydrogen-bond acceptors (Lipinski definition) is 3. The molecule has 3 N–H and O–H groups in total. The Labute approximate surface area is 108 Å². The lowest BCUT2D eigenvalue weighted by Crippen LogP contribution is -2.34. The van der Waals surface area contributed by atoms with Crippen LogP contribution in [0, 0.1) is 11.8 Å². The molecule has 1 aliphatic rings. The molecule has 0 aromatic heterocycles. The van der Waals surface area contributed by atoms with E-state index in [0.29, 0.717) is 22.8 Å². The summed E-state index contributed by atoms with van der Waals surface area (Å²) in [5, 5.41) is 9.21. The van der Waals surface area contributed by atoms with E-state index in [-0.39, 0.29) is 0 Å². The number of rotatable bonds is 5. The van der Waals surface area contributed by atoms with Gasteiger partial charge in [0.1, 0.15) is 6.04 Å². The molecular weight excluding hydrogens is 234 g/mol. The molecule has 17 heavy (non-hydrogen) atoms. The van der Waals surface area contributed by atoms with Crippen LogP contribution in [0.5, 0.6) is 0 Å². The van der Waals surface area contributed by atoms with Gasteiger partial charge >= 0.3 is 5.97 Å². The van der Waals surface area contributed by atoms with Crippen LogP contribution in [-0.2, 0) is 4.79 Å². The molecule has 4 heteroatoms. The van der Waals surface area contributed by atoms with Crippen molar-refractivity contribution in [2.75, 3.05) is 5.75 Å². The first-order valence-corrected chi connectivity index (χ1v) is 7.24. The van der Waals surface area contributed by atoms with Crippen LogP contribution < -0.4 is 5.73 Å². The van der Waals surface area contributed by atoms with Gasteiger partial charge < -0.3 is 10.8 Å². The van der Waals surface area contributed by atoms with Crippen LogP contribution in [0.2, 0.25) is 0 Å². The average Bonchev–Trinajstić information content (AvgIpc) is 2.25. The van der Waals surface area contributed by atoms with Gasteiger partial charge in [-0.05, 0) is 31.6 Å². The van der Waals surface area contributed by atoms with Crippen molar-refractivity contribution < 1.29 is 9.90 Å². The molecule has 0 aliphatic heterocycles. The SMILES string of the molecule is CC1=CC(SC[C@H](N)C(=O)O)C(C(C)C)CC1. The lowest BCUT2D eigenvalue weighted by atomic mass is 9.82. The molecule has 2 unspecified atom stereocenters. The highest BCUT2D eigenvalue weighted by atomic mass is 32.2. The van der Waals surface area contributed by atoms with E-state index in [9.17, 15) is 4.79 Å². The largest absolute Gasteiger partial charge is 0.480 e. The van der Waals surface area contributed by atoms with Gasteiger partial charge in [-0.15, -0.1) is 0 Å². The Bertz CT molecular complexity index is 302. The predicted molar refractivity (Wildman–Crippen MR) is 73.2 cm³/mol. The van der Waals surface area contributed by atoms with Crippen molar-refractivity contribution in [3.63, 3.8) is 0 Å². The molecule has 98 valence electrons. The van der Waals surface area contributed by atoms with E-state index in [4.69, 9.17) is 10.8 Å². The van der Waals surface area contributed by atoms with Crippen LogP contribution in [0.4, 0.5) is 0 Å². The van der Waals surface area contributed by atoms with Crippen molar-refractivity contribution in [3.8, 4) is 0 Å². The molecule has 0 fully saturated rings. The molecule has 3 nitrogen and oxygen atoms in total. The van der Waals surface area contributed by atoms with Gasteiger partial charge in [-0.1, -0.05) is 25.5 Å². The quantitative estimate of drug-likeness (QED) is 0.743. The smallest absolute Gasteiger partial charge is 0.321 e. The Morgan fingerprint density at radius 3 is 2.82 bits per heavy atom. The number of hydrogen-bond donors (Lipinski definition) is 2. The third-order valence-corrected chi connectivity index (χ3v) is 4.81. The topological polar surface area (TPSA) is 63.3 Å². The summed E-state index contributed by atoms with van der Waals surface area (Å²) < 4.78 is 0. The number of thioether (sulfide) groups is 1. The van der Waals surface area contributed by atoms with Gasteiger partial charge in [0.15, 0.2) is 0 Å². The summed E-state index contributed by atoms with van der Waals surface area (Å²) in [6.07, 6.45) is 4.68. The zero-order chi connectivity index (χ0) is 13.0. The van der Waals surface area contributed by atoms with Crippen molar-refractivity contribution in [1.29, 1.82) is 0 Å². The number of carbonyl (C=O) groups is 1. The third kappa shape index (κ3) is 4.36. The molecule has 0 aromatic rings. The Kier molecular flexibility index (Phi) is 5.53. The fraction of sp³-hybridized carbons (Fsp3) is 0.769. The highest BCUT2D eigenvalue weighted by molar-refractivity contribution is 8.00. The van der Waals surface area contributed by atoms with Crippen molar-refractivity contribution >= 4 is 17.7 Å². The van der Waals surface area contributed by atoms with E-state index in [1.165, 1.54) is 18.4 Å². The minimum atomic E-state index is -0.907. The average molecular weight is 257 g/mol. The van der Waals surface area contributed by atoms with Gasteiger partial charge in [0, 0.05) is 11.0 Å². The number of carboxylic acids is 1. The number of allylic oxidation sites excluding steroid dienone is 1. The van der Waals surface area contributed by atoms with Crippen LogP contribution >= 0.6 is 11.8 Å². The van der Waals surface area contributed by atoms with E-state index in [1.807, 2.05) is 0 Å². The first kappa shape index (κ1) is 14.6. The van der Waals surface area contributed by atoms with Gasteiger partial charge in [-0.2, -0.15) is 11.8 Å². The third-order valence-electron chi connectivity index (χ3n) is 3.38. The van der Waals surface area contributed by atoms with Crippen LogP contribution in [0.15, 0.2) is 11.6 Å². The molecule has 0 saturated heterocycles. The highest BCUT2D eigenvalue weighted by Gasteiger charge is 2.27. The van der Waals surface area contributed by atoms with Crippen molar-refractivity contribution in [3.05, 3.63) is 11.6 Å². The van der Waals surface area contributed by atoms with E-state index < -0.39 is 12.0 Å². The Hall–Kier alpha value is -0.480. The minimum Gasteiger partial charge on any atom is -0.480 e. The van der Waals surface area contributed by atoms with Gasteiger partial charge in [0.2, 0.25) is 0 Å². The lowest BCUT2D eigenvalue weighted by molar-refractivity contribution is -0.137. The zero-order valence-corrected chi connectivity index (χ0v) is 11.7. The molecule has 1 aliphatic carbocycles. The fourth-order valence-electron chi connectivity index (χ4n) is 2.22. The fourth-order valence-corrected chi connectivity index (χ4v) is 3.81. The maximum Gasteiger partial charge on any atom is 0.321 e. The van der Waals surface area contributed by atoms with Crippen LogP contribution in [-0.4, -0.2) is 28.1 Å². The van der Waals surface area contributed by atoms with E-state index in [1.54, 1.807) is 11.8 Å². The zero-order valence-electron chi connectivity index (χ0n) is 10.8. The minimum absolute atomic E-state index is 0.425. The summed E-state index contributed by atoms with van der Waals surface area (Å²) in [5.74, 6) is 0.866. The molecule has 3 atom stereocenters. The summed E-state index contributed by atoms with van der Waals surface area (Å²) in [4.78, 5) is 10.7. The predicted octanol–water partition coefficient (Wildman–Crippen LogP) is 2.51. The molecule has 1 rings (SSSR count). The van der Waals surface area contributed by atoms with Gasteiger partial charge in [-0.3, -0.25) is 4.79 Å². The van der Waals surface area contributed by atoms with E-state index >= 15 is 0 Å². The van der Waals surface area contributed by atoms with Crippen molar-refractivity contribution in [2.45, 2.75) is 44.9 Å². The van der Waals surface area contributed by atoms with Crippen molar-refractivity contribution in [2.24, 2.45) is 17.6 Å². The van der Waals surface area contributed by atoms with Crippen molar-refractivity contribution in [1.82, 2.24) is 0 Å². The van der Waals surface area contributed by atoms with Crippen LogP contribution in [0.1, 0.15) is 33.6 Å². The molecule has 0 heterocycles. The molecule has 0 radical (unpaired) electrons. The number of aliphatic carboxylic acids is 1. The summed E-state index contributed by atoms with van der Waals surface area (Å²) in [6.45, 7) is 6.63. The second-order valence-electron chi connectivity index (χ2n) is 5.20. The molecule has 0 aromatic carbocycles. The second kappa shape index (κ2) is 6.45. The maximum atomic E-state index is 10.7. The Morgan fingerprint density at radius 1 is 1.65 bits per heavy atom. The Morgan fingerprint density at radius 2 is 2.29 bits per heavy atom. The lowest BCUT2D eigenvalue weighted by Gasteiger charge is -2.32. The first-order chi connectivity index (χ1) is 7.91. The van der Waals surface area contributed by atoms with Crippen LogP contribution in [0.25, 0.3) is 0 Å².